The van der Waals surface area contributed by atoms with Crippen LogP contribution in [-0.4, -0.2) is 73.3 Å². The van der Waals surface area contributed by atoms with Crippen molar-refractivity contribution in [2.45, 2.75) is 99.1 Å². The Kier molecular flexibility index (Phi) is 11.8. The van der Waals surface area contributed by atoms with Gasteiger partial charge in [0.1, 0.15) is 12.7 Å². The van der Waals surface area contributed by atoms with E-state index in [0.29, 0.717) is 5.57 Å². The van der Waals surface area contributed by atoms with E-state index in [1.165, 1.54) is 0 Å². The van der Waals surface area contributed by atoms with Crippen molar-refractivity contribution in [3.05, 3.63) is 11.3 Å². The minimum Gasteiger partial charge on any atom is -0.484 e. The predicted molar refractivity (Wildman–Crippen MR) is 122 cm³/mol. The second-order valence-corrected chi connectivity index (χ2v) is 8.81. The summed E-state index contributed by atoms with van der Waals surface area (Å²) >= 11 is 0. The van der Waals surface area contributed by atoms with Gasteiger partial charge in [0.05, 0.1) is 6.10 Å². The first kappa shape index (κ1) is 30.9. The molecule has 1 fully saturated rings. The topological polar surface area (TPSA) is 150 Å². The van der Waals surface area contributed by atoms with Gasteiger partial charge < -0.3 is 33.2 Å². The lowest BCUT2D eigenvalue weighted by Crippen LogP contribution is -2.63. The van der Waals surface area contributed by atoms with Crippen LogP contribution in [0.15, 0.2) is 11.3 Å². The molecule has 5 atom stereocenters. The molecule has 1 saturated heterocycles. The number of hydrogen-bond donors (Lipinski definition) is 0. The van der Waals surface area contributed by atoms with Crippen LogP contribution in [0.3, 0.4) is 0 Å². The van der Waals surface area contributed by atoms with Gasteiger partial charge in [0, 0.05) is 27.7 Å². The average Bonchev–Trinajstić information content (AvgIpc) is 2.72. The van der Waals surface area contributed by atoms with Crippen molar-refractivity contribution in [3.63, 3.8) is 0 Å². The molecule has 1 aliphatic rings. The number of allylic oxidation sites excluding steroid dienone is 1. The maximum atomic E-state index is 12.9. The van der Waals surface area contributed by atoms with Gasteiger partial charge in [-0.25, -0.2) is 4.79 Å². The van der Waals surface area contributed by atoms with Crippen LogP contribution in [0.25, 0.3) is 0 Å². The van der Waals surface area contributed by atoms with E-state index in [9.17, 15) is 24.0 Å². The molecule has 0 spiro atoms. The average molecular weight is 517 g/mol. The highest BCUT2D eigenvalue weighted by atomic mass is 16.7. The fourth-order valence-electron chi connectivity index (χ4n) is 3.27. The highest BCUT2D eigenvalue weighted by molar-refractivity contribution is 5.87. The monoisotopic (exact) mass is 516 g/mol. The van der Waals surface area contributed by atoms with Gasteiger partial charge >= 0.3 is 29.8 Å². The van der Waals surface area contributed by atoms with Gasteiger partial charge in [0.2, 0.25) is 18.2 Å². The number of carbonyl (C=O) groups is 5. The molecule has 1 aliphatic heterocycles. The predicted octanol–water partition coefficient (Wildman–Crippen LogP) is 1.97. The van der Waals surface area contributed by atoms with Crippen molar-refractivity contribution in [2.75, 3.05) is 6.61 Å². The van der Waals surface area contributed by atoms with E-state index < -0.39 is 67.2 Å². The minimum atomic E-state index is -1.55. The van der Waals surface area contributed by atoms with Crippen LogP contribution < -0.4 is 0 Å². The molecule has 12 nitrogen and oxygen atoms in total. The van der Waals surface area contributed by atoms with E-state index in [1.807, 2.05) is 13.8 Å². The Bertz CT molecular complexity index is 859. The molecule has 204 valence electrons. The second kappa shape index (κ2) is 13.8. The molecule has 0 aromatic rings. The van der Waals surface area contributed by atoms with Crippen LogP contribution in [0.1, 0.15) is 62.3 Å². The molecule has 0 radical (unpaired) electrons. The second-order valence-electron chi connectivity index (χ2n) is 8.81. The van der Waals surface area contributed by atoms with Crippen LogP contribution in [-0.2, 0) is 57.1 Å². The number of ether oxygens (including phenoxy) is 7. The van der Waals surface area contributed by atoms with Gasteiger partial charge in [0.25, 0.3) is 0 Å². The van der Waals surface area contributed by atoms with Gasteiger partial charge in [-0.3, -0.25) is 19.2 Å². The Hall–Kier alpha value is -3.15. The number of carbonyl (C=O) groups excluding carboxylic acids is 5. The maximum absolute atomic E-state index is 12.9. The van der Waals surface area contributed by atoms with E-state index >= 15 is 0 Å². The smallest absolute Gasteiger partial charge is 0.373 e. The molecule has 12 heteroatoms. The summed E-state index contributed by atoms with van der Waals surface area (Å²) in [5.74, 6) is -3.95. The summed E-state index contributed by atoms with van der Waals surface area (Å²) in [7, 11) is 0. The summed E-state index contributed by atoms with van der Waals surface area (Å²) in [6, 6.07) is 0. The molecule has 2 unspecified atom stereocenters. The lowest BCUT2D eigenvalue weighted by atomic mass is 9.98. The Morgan fingerprint density at radius 2 is 1.17 bits per heavy atom. The van der Waals surface area contributed by atoms with E-state index in [2.05, 4.69) is 0 Å². The summed E-state index contributed by atoms with van der Waals surface area (Å²) in [4.78, 5) is 60.0. The molecule has 0 N–H and O–H groups in total. The van der Waals surface area contributed by atoms with Gasteiger partial charge in [-0.1, -0.05) is 13.8 Å². The van der Waals surface area contributed by atoms with E-state index in [0.717, 1.165) is 27.7 Å². The van der Waals surface area contributed by atoms with Gasteiger partial charge in [-0.2, -0.15) is 0 Å². The first-order chi connectivity index (χ1) is 16.6. The fourth-order valence-corrected chi connectivity index (χ4v) is 3.27. The number of hydrogen-bond acceptors (Lipinski definition) is 12. The largest absolute Gasteiger partial charge is 0.484 e. The number of rotatable bonds is 10. The summed E-state index contributed by atoms with van der Waals surface area (Å²) in [5.41, 5.74) is 0.653. The first-order valence-electron chi connectivity index (χ1n) is 11.5. The first-order valence-corrected chi connectivity index (χ1v) is 11.5. The van der Waals surface area contributed by atoms with Crippen molar-refractivity contribution >= 4 is 29.8 Å². The normalized spacial score (nSPS) is 24.4. The van der Waals surface area contributed by atoms with Crippen molar-refractivity contribution in [1.82, 2.24) is 0 Å². The van der Waals surface area contributed by atoms with E-state index in [-0.39, 0.29) is 17.8 Å². The zero-order valence-electron chi connectivity index (χ0n) is 22.1. The maximum Gasteiger partial charge on any atom is 0.373 e. The quantitative estimate of drug-likeness (QED) is 0.181. The Morgan fingerprint density at radius 1 is 0.694 bits per heavy atom. The van der Waals surface area contributed by atoms with E-state index in [1.54, 1.807) is 20.8 Å². The standard InChI is InChI=1S/C24H36O12/c1-11(2)13(5)19(31-12(3)4)23(29)30-10-18-20(32-14(6)25)21(33-15(7)26)22(34-16(8)27)24(36-18)35-17(9)28/h11-12,18,20-22,24H,10H2,1-9H3/b19-13-/t18?,20-,21-,22?,24+/m0/s1. The SMILES string of the molecule is CC(=O)OC1[C@H](OC(C)=O)OC(COC(=O)/C(OC(C)C)=C(\C)C(C)C)[C@H](OC(C)=O)[C@@H]1OC(C)=O. The molecule has 1 heterocycles. The van der Waals surface area contributed by atoms with Crippen molar-refractivity contribution in [1.29, 1.82) is 0 Å². The summed E-state index contributed by atoms with van der Waals surface area (Å²) in [6.45, 7) is 12.9. The zero-order valence-corrected chi connectivity index (χ0v) is 22.1. The lowest BCUT2D eigenvalue weighted by Gasteiger charge is -2.43. The highest BCUT2D eigenvalue weighted by Gasteiger charge is 2.53. The summed E-state index contributed by atoms with van der Waals surface area (Å²) < 4.78 is 37.8. The Labute approximate surface area is 210 Å². The molecular weight excluding hydrogens is 480 g/mol. The third kappa shape index (κ3) is 9.48. The minimum absolute atomic E-state index is 0.0165. The molecule has 36 heavy (non-hydrogen) atoms. The van der Waals surface area contributed by atoms with Gasteiger partial charge in [-0.15, -0.1) is 0 Å². The van der Waals surface area contributed by atoms with Gasteiger partial charge in [0.15, 0.2) is 12.2 Å². The van der Waals surface area contributed by atoms with Crippen molar-refractivity contribution in [2.24, 2.45) is 5.92 Å². The van der Waals surface area contributed by atoms with Crippen LogP contribution in [0.5, 0.6) is 0 Å². The molecule has 0 amide bonds. The van der Waals surface area contributed by atoms with Crippen LogP contribution in [0.2, 0.25) is 0 Å². The van der Waals surface area contributed by atoms with E-state index in [4.69, 9.17) is 33.2 Å². The van der Waals surface area contributed by atoms with Gasteiger partial charge in [-0.05, 0) is 32.3 Å². The fraction of sp³-hybridized carbons (Fsp3) is 0.708. The molecule has 0 aliphatic carbocycles. The van der Waals surface area contributed by atoms with Crippen LogP contribution in [0.4, 0.5) is 0 Å². The zero-order chi connectivity index (χ0) is 27.7. The van der Waals surface area contributed by atoms with Crippen LogP contribution in [0, 0.1) is 5.92 Å². The molecule has 0 aromatic carbocycles. The van der Waals surface area contributed by atoms with Crippen molar-refractivity contribution < 1.29 is 57.1 Å². The summed E-state index contributed by atoms with van der Waals surface area (Å²) in [5, 5.41) is 0. The Morgan fingerprint density at radius 3 is 1.61 bits per heavy atom. The molecular formula is C24H36O12. The lowest BCUT2D eigenvalue weighted by molar-refractivity contribution is -0.300. The number of esters is 5. The van der Waals surface area contributed by atoms with Crippen molar-refractivity contribution in [3.8, 4) is 0 Å². The molecule has 0 aromatic heterocycles. The molecule has 1 rings (SSSR count). The highest BCUT2D eigenvalue weighted by Crippen LogP contribution is 2.30. The third-order valence-electron chi connectivity index (χ3n) is 4.92. The molecule has 0 bridgehead atoms. The third-order valence-corrected chi connectivity index (χ3v) is 4.92. The van der Waals surface area contributed by atoms with Crippen LogP contribution >= 0.6 is 0 Å². The summed E-state index contributed by atoms with van der Waals surface area (Å²) in [6.07, 6.45) is -7.40. The Balaban J connectivity index is 3.37. The molecule has 0 saturated carbocycles.